The van der Waals surface area contributed by atoms with Gasteiger partial charge in [-0.25, -0.2) is 17.2 Å². The van der Waals surface area contributed by atoms with Crippen molar-refractivity contribution in [1.82, 2.24) is 15.1 Å². The van der Waals surface area contributed by atoms with Crippen molar-refractivity contribution in [2.75, 3.05) is 44.2 Å². The molecule has 1 aromatic carbocycles. The fraction of sp³-hybridized carbons (Fsp3) is 0.679. The quantitative estimate of drug-likeness (QED) is 0.462. The third-order valence-electron chi connectivity index (χ3n) is 9.41. The average molecular weight is 630 g/mol. The van der Waals surface area contributed by atoms with E-state index in [2.05, 4.69) is 10.2 Å². The van der Waals surface area contributed by atoms with E-state index >= 15 is 0 Å². The van der Waals surface area contributed by atoms with Crippen LogP contribution in [0, 0.1) is 23.2 Å². The number of anilines is 1. The van der Waals surface area contributed by atoms with Crippen molar-refractivity contribution in [3.8, 4) is 6.07 Å². The first-order valence-corrected chi connectivity index (χ1v) is 16.0. The highest BCUT2D eigenvalue weighted by Crippen LogP contribution is 2.45. The van der Waals surface area contributed by atoms with E-state index in [1.165, 1.54) is 6.07 Å². The van der Waals surface area contributed by atoms with Crippen LogP contribution in [-0.4, -0.2) is 92.1 Å². The number of nitriles is 1. The second kappa shape index (κ2) is 10.3. The van der Waals surface area contributed by atoms with Gasteiger partial charge in [-0.1, -0.05) is 0 Å². The van der Waals surface area contributed by atoms with Crippen LogP contribution < -0.4 is 10.2 Å². The van der Waals surface area contributed by atoms with Crippen LogP contribution in [0.15, 0.2) is 23.1 Å². The van der Waals surface area contributed by atoms with Crippen molar-refractivity contribution in [3.63, 3.8) is 0 Å². The van der Waals surface area contributed by atoms with Crippen molar-refractivity contribution < 1.29 is 40.0 Å². The van der Waals surface area contributed by atoms with Gasteiger partial charge in [0.25, 0.3) is 5.92 Å². The standard InChI is InChI=1S/C28H32F5N5O4S/c29-27(30)15-38(16-27)25(40)21-13-19(12-20(21)24(39)35-26(14-34)5-6-26)43(41,42)23-4-3-18(11-22(23)28(31,32)33)37-9-7-36(8-10-37)17-1-2-17/h3-4,11,17,19-21H,1-2,5-10,12-13,15-16H2,(H,35,39)/t19-,20-,21-/m1/s1. The largest absolute Gasteiger partial charge is 0.417 e. The molecule has 1 N–H and O–H groups in total. The molecule has 3 aliphatic carbocycles. The molecule has 2 heterocycles. The Morgan fingerprint density at radius 3 is 2.16 bits per heavy atom. The first kappa shape index (κ1) is 30.1. The van der Waals surface area contributed by atoms with Gasteiger partial charge < -0.3 is 15.1 Å². The van der Waals surface area contributed by atoms with E-state index in [4.69, 9.17) is 0 Å². The lowest BCUT2D eigenvalue weighted by Gasteiger charge is -2.40. The third kappa shape index (κ3) is 5.80. The molecule has 3 atom stereocenters. The molecule has 234 valence electrons. The van der Waals surface area contributed by atoms with Gasteiger partial charge in [0.2, 0.25) is 11.8 Å². The molecule has 2 saturated heterocycles. The number of likely N-dealkylation sites (tertiary alicyclic amines) is 1. The minimum Gasteiger partial charge on any atom is -0.369 e. The Balaban J connectivity index is 1.26. The highest BCUT2D eigenvalue weighted by Gasteiger charge is 2.55. The van der Waals surface area contributed by atoms with Crippen LogP contribution in [0.25, 0.3) is 0 Å². The SMILES string of the molecule is N#CC1(NC(=O)[C@@H]2C[C@@H](S(=O)(=O)c3ccc(N4CCN(C5CC5)CC4)cc3C(F)(F)F)C[C@H]2C(=O)N2CC(F)(F)C2)CC1. The lowest BCUT2D eigenvalue weighted by atomic mass is 9.92. The van der Waals surface area contributed by atoms with E-state index in [1.807, 2.05) is 6.07 Å². The Morgan fingerprint density at radius 1 is 1.00 bits per heavy atom. The van der Waals surface area contributed by atoms with E-state index in [0.717, 1.165) is 29.9 Å². The summed E-state index contributed by atoms with van der Waals surface area (Å²) in [5.74, 6) is -7.36. The highest BCUT2D eigenvalue weighted by atomic mass is 32.2. The normalized spacial score (nSPS) is 28.6. The molecule has 0 radical (unpaired) electrons. The molecule has 6 rings (SSSR count). The maximum absolute atomic E-state index is 14.3. The fourth-order valence-electron chi connectivity index (χ4n) is 6.58. The Kier molecular flexibility index (Phi) is 7.19. The summed E-state index contributed by atoms with van der Waals surface area (Å²) < 4.78 is 97.7. The van der Waals surface area contributed by atoms with Crippen LogP contribution in [0.2, 0.25) is 0 Å². The van der Waals surface area contributed by atoms with E-state index in [0.29, 0.717) is 45.1 Å². The van der Waals surface area contributed by atoms with Gasteiger partial charge in [-0.15, -0.1) is 0 Å². The predicted molar refractivity (Wildman–Crippen MR) is 143 cm³/mol. The molecule has 43 heavy (non-hydrogen) atoms. The number of rotatable bonds is 7. The number of hydrogen-bond donors (Lipinski definition) is 1. The minimum atomic E-state index is -5.01. The number of alkyl halides is 5. The van der Waals surface area contributed by atoms with Crippen molar-refractivity contribution in [2.24, 2.45) is 11.8 Å². The molecule has 5 aliphatic rings. The zero-order chi connectivity index (χ0) is 30.9. The number of nitrogens with one attached hydrogen (secondary N) is 1. The summed E-state index contributed by atoms with van der Waals surface area (Å²) in [6.07, 6.45) is -3.03. The van der Waals surface area contributed by atoms with Crippen molar-refractivity contribution in [3.05, 3.63) is 23.8 Å². The maximum Gasteiger partial charge on any atom is 0.417 e. The maximum atomic E-state index is 14.3. The summed E-state index contributed by atoms with van der Waals surface area (Å²) in [6.45, 7) is 0.632. The molecule has 0 bridgehead atoms. The van der Waals surface area contributed by atoms with Crippen LogP contribution >= 0.6 is 0 Å². The molecule has 9 nitrogen and oxygen atoms in total. The first-order chi connectivity index (χ1) is 20.1. The van der Waals surface area contributed by atoms with Crippen LogP contribution in [0.5, 0.6) is 0 Å². The molecule has 0 unspecified atom stereocenters. The number of hydrogen-bond acceptors (Lipinski definition) is 7. The van der Waals surface area contributed by atoms with Crippen molar-refractivity contribution in [1.29, 1.82) is 5.26 Å². The number of nitrogens with zero attached hydrogens (tertiary/aromatic N) is 4. The number of sulfone groups is 1. The van der Waals surface area contributed by atoms with Gasteiger partial charge >= 0.3 is 6.18 Å². The second-order valence-electron chi connectivity index (χ2n) is 12.5. The van der Waals surface area contributed by atoms with E-state index < -0.39 is 92.8 Å². The summed E-state index contributed by atoms with van der Waals surface area (Å²) in [4.78, 5) is 30.3. The Bertz CT molecular complexity index is 1450. The minimum absolute atomic E-state index is 0.253. The smallest absolute Gasteiger partial charge is 0.369 e. The van der Waals surface area contributed by atoms with Gasteiger partial charge in [0.05, 0.1) is 46.7 Å². The molecule has 1 aromatic rings. The molecule has 0 aromatic heterocycles. The molecule has 3 saturated carbocycles. The molecule has 15 heteroatoms. The summed E-state index contributed by atoms with van der Waals surface area (Å²) in [5, 5.41) is 10.4. The van der Waals surface area contributed by atoms with Crippen LogP contribution in [0.3, 0.4) is 0 Å². The summed E-state index contributed by atoms with van der Waals surface area (Å²) in [5.41, 5.74) is -2.22. The van der Waals surface area contributed by atoms with Crippen LogP contribution in [0.1, 0.15) is 44.1 Å². The number of piperazine rings is 1. The number of amides is 2. The topological polar surface area (TPSA) is 114 Å². The third-order valence-corrected chi connectivity index (χ3v) is 11.6. The van der Waals surface area contributed by atoms with Gasteiger partial charge in [0.1, 0.15) is 5.54 Å². The lowest BCUT2D eigenvalue weighted by molar-refractivity contribution is -0.171. The predicted octanol–water partition coefficient (Wildman–Crippen LogP) is 2.81. The molecule has 2 amide bonds. The molecule has 5 fully saturated rings. The summed E-state index contributed by atoms with van der Waals surface area (Å²) >= 11 is 0. The lowest BCUT2D eigenvalue weighted by Crippen LogP contribution is -2.60. The number of carbonyl (C=O) groups excluding carboxylic acids is 2. The van der Waals surface area contributed by atoms with E-state index in [-0.39, 0.29) is 5.69 Å². The van der Waals surface area contributed by atoms with Crippen molar-refractivity contribution in [2.45, 2.75) is 72.3 Å². The zero-order valence-electron chi connectivity index (χ0n) is 23.2. The van der Waals surface area contributed by atoms with Gasteiger partial charge in [-0.3, -0.25) is 14.5 Å². The monoisotopic (exact) mass is 629 g/mol. The Labute approximate surface area is 245 Å². The summed E-state index contributed by atoms with van der Waals surface area (Å²) in [6, 6.07) is 5.62. The van der Waals surface area contributed by atoms with Gasteiger partial charge in [-0.2, -0.15) is 18.4 Å². The molecular formula is C28H32F5N5O4S. The zero-order valence-corrected chi connectivity index (χ0v) is 24.1. The Hall–Kier alpha value is -2.99. The summed E-state index contributed by atoms with van der Waals surface area (Å²) in [7, 11) is -4.73. The number of benzene rings is 1. The Morgan fingerprint density at radius 2 is 1.63 bits per heavy atom. The van der Waals surface area contributed by atoms with Gasteiger partial charge in [-0.05, 0) is 56.7 Å². The highest BCUT2D eigenvalue weighted by molar-refractivity contribution is 7.92. The van der Waals surface area contributed by atoms with Crippen LogP contribution in [-0.2, 0) is 25.6 Å². The molecule has 0 spiro atoms. The average Bonchev–Trinajstić information content (AvgIpc) is 3.88. The van der Waals surface area contributed by atoms with E-state index in [1.54, 1.807) is 4.90 Å². The van der Waals surface area contributed by atoms with Crippen LogP contribution in [0.4, 0.5) is 27.6 Å². The number of carbonyl (C=O) groups is 2. The van der Waals surface area contributed by atoms with Crippen molar-refractivity contribution >= 4 is 27.3 Å². The van der Waals surface area contributed by atoms with Gasteiger partial charge in [0.15, 0.2) is 9.84 Å². The second-order valence-corrected chi connectivity index (χ2v) is 14.7. The fourth-order valence-corrected chi connectivity index (χ4v) is 8.60. The first-order valence-electron chi connectivity index (χ1n) is 14.5. The molecular weight excluding hydrogens is 597 g/mol. The molecule has 2 aliphatic heterocycles. The van der Waals surface area contributed by atoms with Gasteiger partial charge in [0, 0.05) is 37.9 Å². The van der Waals surface area contributed by atoms with E-state index in [9.17, 15) is 45.2 Å². The number of halogens is 5.